The van der Waals surface area contributed by atoms with Crippen molar-refractivity contribution in [2.24, 2.45) is 5.92 Å². The number of ketones is 1. The second kappa shape index (κ2) is 20.8. The number of methoxy groups -OCH3 is 1. The molecule has 0 heterocycles. The van der Waals surface area contributed by atoms with Crippen molar-refractivity contribution in [2.75, 3.05) is 17.7 Å². The van der Waals surface area contributed by atoms with Crippen molar-refractivity contribution in [3.8, 4) is 5.75 Å². The fourth-order valence-corrected chi connectivity index (χ4v) is 6.24. The van der Waals surface area contributed by atoms with Gasteiger partial charge in [-0.25, -0.2) is 0 Å². The van der Waals surface area contributed by atoms with Crippen molar-refractivity contribution < 1.29 is 19.1 Å². The minimum absolute atomic E-state index is 0.0247. The molecule has 2 amide bonds. The Balaban J connectivity index is 0.000000261. The molecule has 0 saturated carbocycles. The number of thiocarbonyl (C=S) groups is 2. The Bertz CT molecular complexity index is 2220. The number of amides is 2. The van der Waals surface area contributed by atoms with Crippen LogP contribution in [0.5, 0.6) is 5.75 Å². The Kier molecular flexibility index (Phi) is 16.2. The Morgan fingerprint density at radius 1 is 0.593 bits per heavy atom. The van der Waals surface area contributed by atoms with Crippen LogP contribution in [0.4, 0.5) is 11.4 Å². The number of carbonyl (C=O) groups is 3. The highest BCUT2D eigenvalue weighted by Crippen LogP contribution is 2.26. The number of rotatable bonds is 10. The Hall–Kier alpha value is -5.71. The van der Waals surface area contributed by atoms with E-state index in [1.54, 1.807) is 25.3 Å². The maximum Gasteiger partial charge on any atom is 0.257 e. The highest BCUT2D eigenvalue weighted by Gasteiger charge is 2.17. The van der Waals surface area contributed by atoms with E-state index in [-0.39, 0.29) is 44.6 Å². The van der Waals surface area contributed by atoms with Crippen LogP contribution in [0.3, 0.4) is 0 Å². The van der Waals surface area contributed by atoms with Gasteiger partial charge in [-0.1, -0.05) is 128 Å². The molecule has 10 heteroatoms. The van der Waals surface area contributed by atoms with Gasteiger partial charge in [0.15, 0.2) is 10.2 Å². The standard InChI is InChI=1S/C25H26N2OS.C24H30N2O3S/c1-25(2,3)21-13-11-20(12-14-21)23(28)27-24(29)26-22-15-9-19(10-16-22)17-18-7-5-4-6-8-18;1-15(2)20(27)13-17-9-12-19(14-21(17)29-6)25-23(30)26-22(28)16-7-10-18(11-8-16)24(3,4)5/h4-16H,17H2,1-3H3,(H2,26,27,28,29);7-12,14-15H,13H2,1-6H3,(H2,25,26,28,30). The van der Waals surface area contributed by atoms with Crippen molar-refractivity contribution in [1.82, 2.24) is 10.6 Å². The van der Waals surface area contributed by atoms with Crippen LogP contribution in [-0.2, 0) is 28.5 Å². The topological polar surface area (TPSA) is 109 Å². The molecule has 59 heavy (non-hydrogen) atoms. The van der Waals surface area contributed by atoms with Crippen LogP contribution in [0.2, 0.25) is 0 Å². The number of ether oxygens (including phenoxy) is 1. The van der Waals surface area contributed by atoms with Gasteiger partial charge in [0.1, 0.15) is 11.5 Å². The second-order valence-electron chi connectivity index (χ2n) is 16.7. The zero-order valence-corrected chi connectivity index (χ0v) is 37.1. The minimum atomic E-state index is -0.279. The highest BCUT2D eigenvalue weighted by molar-refractivity contribution is 7.80. The molecule has 4 N–H and O–H groups in total. The van der Waals surface area contributed by atoms with E-state index in [1.807, 2.05) is 92.7 Å². The summed E-state index contributed by atoms with van der Waals surface area (Å²) in [4.78, 5) is 36.9. The Morgan fingerprint density at radius 2 is 1.03 bits per heavy atom. The van der Waals surface area contributed by atoms with Gasteiger partial charge in [-0.3, -0.25) is 25.0 Å². The van der Waals surface area contributed by atoms with Gasteiger partial charge in [0, 0.05) is 46.5 Å². The van der Waals surface area contributed by atoms with Gasteiger partial charge in [-0.2, -0.15) is 0 Å². The van der Waals surface area contributed by atoms with E-state index in [1.165, 1.54) is 16.7 Å². The summed E-state index contributed by atoms with van der Waals surface area (Å²) in [5.41, 5.74) is 8.35. The van der Waals surface area contributed by atoms with Crippen LogP contribution < -0.4 is 26.0 Å². The largest absolute Gasteiger partial charge is 0.496 e. The third-order valence-corrected chi connectivity index (χ3v) is 9.91. The maximum atomic E-state index is 12.5. The van der Waals surface area contributed by atoms with E-state index in [9.17, 15) is 14.4 Å². The van der Waals surface area contributed by atoms with E-state index in [2.05, 4.69) is 87.1 Å². The molecular weight excluding hydrogens is 773 g/mol. The summed E-state index contributed by atoms with van der Waals surface area (Å²) < 4.78 is 5.41. The summed E-state index contributed by atoms with van der Waals surface area (Å²) >= 11 is 10.6. The molecule has 0 saturated heterocycles. The van der Waals surface area contributed by atoms with Crippen LogP contribution in [-0.4, -0.2) is 34.9 Å². The van der Waals surface area contributed by atoms with Crippen molar-refractivity contribution in [2.45, 2.75) is 79.1 Å². The first-order valence-corrected chi connectivity index (χ1v) is 20.4. The van der Waals surface area contributed by atoms with E-state index < -0.39 is 0 Å². The average Bonchev–Trinajstić information content (AvgIpc) is 3.19. The van der Waals surface area contributed by atoms with Gasteiger partial charge >= 0.3 is 0 Å². The molecule has 0 aliphatic heterocycles. The molecular formula is C49H56N4O4S2. The molecule has 8 nitrogen and oxygen atoms in total. The first-order valence-electron chi connectivity index (χ1n) is 19.6. The van der Waals surface area contributed by atoms with Gasteiger partial charge in [0.05, 0.1) is 7.11 Å². The fraction of sp³-hybridized carbons (Fsp3) is 0.286. The molecule has 0 unspecified atom stereocenters. The number of benzene rings is 5. The molecule has 0 aliphatic carbocycles. The van der Waals surface area contributed by atoms with E-state index in [4.69, 9.17) is 29.2 Å². The monoisotopic (exact) mass is 828 g/mol. The summed E-state index contributed by atoms with van der Waals surface area (Å²) in [7, 11) is 1.56. The maximum absolute atomic E-state index is 12.5. The average molecular weight is 829 g/mol. The molecule has 0 fully saturated rings. The lowest BCUT2D eigenvalue weighted by molar-refractivity contribution is -0.121. The number of hydrogen-bond acceptors (Lipinski definition) is 6. The molecule has 0 spiro atoms. The Morgan fingerprint density at radius 3 is 1.47 bits per heavy atom. The molecule has 0 radical (unpaired) electrons. The van der Waals surface area contributed by atoms with Crippen molar-refractivity contribution in [3.05, 3.63) is 160 Å². The molecule has 0 aliphatic rings. The number of Topliss-reactive ketones (excluding diaryl/α,β-unsaturated/α-hetero) is 1. The molecule has 5 rings (SSSR count). The van der Waals surface area contributed by atoms with Crippen molar-refractivity contribution in [3.63, 3.8) is 0 Å². The summed E-state index contributed by atoms with van der Waals surface area (Å²) in [5, 5.41) is 12.0. The predicted octanol–water partition coefficient (Wildman–Crippen LogP) is 10.6. The van der Waals surface area contributed by atoms with Gasteiger partial charge in [0.25, 0.3) is 11.8 Å². The quantitative estimate of drug-likeness (QED) is 0.103. The van der Waals surface area contributed by atoms with Gasteiger partial charge < -0.3 is 15.4 Å². The lowest BCUT2D eigenvalue weighted by Crippen LogP contribution is -2.34. The molecule has 0 atom stereocenters. The van der Waals surface area contributed by atoms with Crippen LogP contribution in [0.1, 0.15) is 104 Å². The normalized spacial score (nSPS) is 11.1. The molecule has 0 bridgehead atoms. The lowest BCUT2D eigenvalue weighted by Gasteiger charge is -2.19. The zero-order valence-electron chi connectivity index (χ0n) is 35.5. The van der Waals surface area contributed by atoms with Crippen LogP contribution in [0, 0.1) is 5.92 Å². The molecule has 308 valence electrons. The predicted molar refractivity (Wildman–Crippen MR) is 250 cm³/mol. The Labute approximate surface area is 360 Å². The summed E-state index contributed by atoms with van der Waals surface area (Å²) in [6.45, 7) is 16.6. The van der Waals surface area contributed by atoms with E-state index in [0.29, 0.717) is 29.0 Å². The first-order chi connectivity index (χ1) is 27.8. The van der Waals surface area contributed by atoms with Crippen LogP contribution in [0.15, 0.2) is 121 Å². The lowest BCUT2D eigenvalue weighted by atomic mass is 9.86. The van der Waals surface area contributed by atoms with Crippen LogP contribution in [0.25, 0.3) is 0 Å². The van der Waals surface area contributed by atoms with Crippen molar-refractivity contribution in [1.29, 1.82) is 0 Å². The smallest absolute Gasteiger partial charge is 0.257 e. The third-order valence-electron chi connectivity index (χ3n) is 9.50. The minimum Gasteiger partial charge on any atom is -0.496 e. The summed E-state index contributed by atoms with van der Waals surface area (Å²) in [5.74, 6) is 0.214. The number of nitrogens with one attached hydrogen (secondary N) is 4. The number of carbonyl (C=O) groups excluding carboxylic acids is 3. The second-order valence-corrected chi connectivity index (χ2v) is 17.5. The SMILES string of the molecule is CC(C)(C)c1ccc(C(=O)NC(=S)Nc2ccc(Cc3ccccc3)cc2)cc1.COc1cc(NC(=S)NC(=O)c2ccc(C(C)(C)C)cc2)ccc1CC(=O)C(C)C. The van der Waals surface area contributed by atoms with Crippen LogP contribution >= 0.6 is 24.4 Å². The van der Waals surface area contributed by atoms with Gasteiger partial charge in [-0.05, 0) is 106 Å². The van der Waals surface area contributed by atoms with Gasteiger partial charge in [0.2, 0.25) is 0 Å². The first kappa shape index (κ1) is 46.0. The summed E-state index contributed by atoms with van der Waals surface area (Å²) in [6, 6.07) is 38.9. The van der Waals surface area contributed by atoms with E-state index in [0.717, 1.165) is 23.2 Å². The molecule has 5 aromatic carbocycles. The third kappa shape index (κ3) is 14.6. The zero-order chi connectivity index (χ0) is 43.3. The number of hydrogen-bond donors (Lipinski definition) is 4. The number of anilines is 2. The van der Waals surface area contributed by atoms with Crippen molar-refractivity contribution >= 4 is 63.6 Å². The highest BCUT2D eigenvalue weighted by atomic mass is 32.1. The molecule has 0 aromatic heterocycles. The summed E-state index contributed by atoms with van der Waals surface area (Å²) in [6.07, 6.45) is 1.19. The van der Waals surface area contributed by atoms with E-state index >= 15 is 0 Å². The van der Waals surface area contributed by atoms with Gasteiger partial charge in [-0.15, -0.1) is 0 Å². The fourth-order valence-electron chi connectivity index (χ4n) is 5.82. The molecule has 5 aromatic rings.